The van der Waals surface area contributed by atoms with Crippen molar-refractivity contribution in [3.05, 3.63) is 0 Å². The van der Waals surface area contributed by atoms with Crippen molar-refractivity contribution in [2.45, 2.75) is 65.0 Å². The number of primary amides is 1. The highest BCUT2D eigenvalue weighted by atomic mass is 16.1. The third-order valence-corrected chi connectivity index (χ3v) is 3.81. The molecular weight excluding hydrogens is 200 g/mol. The zero-order chi connectivity index (χ0) is 12.3. The number of amides is 1. The van der Waals surface area contributed by atoms with Crippen LogP contribution in [-0.2, 0) is 4.79 Å². The van der Waals surface area contributed by atoms with Crippen molar-refractivity contribution < 1.29 is 4.79 Å². The summed E-state index contributed by atoms with van der Waals surface area (Å²) in [7, 11) is 0. The van der Waals surface area contributed by atoms with E-state index >= 15 is 0 Å². The molecule has 0 bridgehead atoms. The van der Waals surface area contributed by atoms with E-state index in [1.165, 1.54) is 6.42 Å². The van der Waals surface area contributed by atoms with Gasteiger partial charge in [-0.05, 0) is 44.4 Å². The molecule has 0 heterocycles. The zero-order valence-corrected chi connectivity index (χ0v) is 11.0. The predicted octanol–water partition coefficient (Wildman–Crippen LogP) is 2.05. The maximum Gasteiger partial charge on any atom is 0.237 e. The van der Waals surface area contributed by atoms with Gasteiger partial charge >= 0.3 is 0 Å². The maximum atomic E-state index is 11.8. The number of carbonyl (C=O) groups is 1. The van der Waals surface area contributed by atoms with Crippen molar-refractivity contribution in [1.82, 2.24) is 5.32 Å². The molecule has 3 nitrogen and oxygen atoms in total. The first-order valence-electron chi connectivity index (χ1n) is 6.47. The largest absolute Gasteiger partial charge is 0.368 e. The molecule has 0 spiro atoms. The van der Waals surface area contributed by atoms with Gasteiger partial charge in [-0.1, -0.05) is 20.8 Å². The monoisotopic (exact) mass is 226 g/mol. The Morgan fingerprint density at radius 2 is 1.94 bits per heavy atom. The van der Waals surface area contributed by atoms with E-state index in [0.29, 0.717) is 17.9 Å². The van der Waals surface area contributed by atoms with Crippen molar-refractivity contribution in [1.29, 1.82) is 0 Å². The van der Waals surface area contributed by atoms with Gasteiger partial charge in [-0.25, -0.2) is 0 Å². The Kier molecular flexibility index (Phi) is 4.36. The molecule has 3 unspecified atom stereocenters. The minimum Gasteiger partial charge on any atom is -0.368 e. The van der Waals surface area contributed by atoms with Gasteiger partial charge in [0.25, 0.3) is 0 Å². The van der Waals surface area contributed by atoms with Crippen LogP contribution in [0, 0.1) is 11.8 Å². The summed E-state index contributed by atoms with van der Waals surface area (Å²) in [6, 6.07) is 0.352. The molecule has 3 N–H and O–H groups in total. The van der Waals surface area contributed by atoms with Crippen LogP contribution in [0.3, 0.4) is 0 Å². The fraction of sp³-hybridized carbons (Fsp3) is 0.923. The van der Waals surface area contributed by atoms with Gasteiger partial charge in [0.15, 0.2) is 0 Å². The van der Waals surface area contributed by atoms with Crippen LogP contribution in [-0.4, -0.2) is 17.5 Å². The van der Waals surface area contributed by atoms with Crippen LogP contribution < -0.4 is 11.1 Å². The molecule has 0 aromatic heterocycles. The van der Waals surface area contributed by atoms with Crippen LogP contribution >= 0.6 is 0 Å². The fourth-order valence-corrected chi connectivity index (χ4v) is 3.09. The first kappa shape index (κ1) is 13.5. The third-order valence-electron chi connectivity index (χ3n) is 3.81. The minimum absolute atomic E-state index is 0.175. The molecule has 94 valence electrons. The lowest BCUT2D eigenvalue weighted by Crippen LogP contribution is -2.61. The molecule has 1 amide bonds. The number of carbonyl (C=O) groups excluding carboxylic acids is 1. The highest BCUT2D eigenvalue weighted by Crippen LogP contribution is 2.36. The van der Waals surface area contributed by atoms with Gasteiger partial charge in [0.2, 0.25) is 5.91 Å². The Morgan fingerprint density at radius 3 is 2.31 bits per heavy atom. The molecule has 0 aromatic carbocycles. The van der Waals surface area contributed by atoms with Crippen LogP contribution in [0.2, 0.25) is 0 Å². The normalized spacial score (nSPS) is 37.0. The van der Waals surface area contributed by atoms with Crippen molar-refractivity contribution in [2.24, 2.45) is 17.6 Å². The summed E-state index contributed by atoms with van der Waals surface area (Å²) in [4.78, 5) is 11.8. The van der Waals surface area contributed by atoms with E-state index < -0.39 is 5.54 Å². The maximum absolute atomic E-state index is 11.8. The molecule has 3 heteroatoms. The van der Waals surface area contributed by atoms with Gasteiger partial charge in [-0.2, -0.15) is 0 Å². The van der Waals surface area contributed by atoms with E-state index in [1.807, 2.05) is 0 Å². The Labute approximate surface area is 99.2 Å². The first-order chi connectivity index (χ1) is 7.39. The Bertz CT molecular complexity index is 242. The molecule has 1 aliphatic rings. The molecule has 0 aliphatic heterocycles. The van der Waals surface area contributed by atoms with E-state index in [9.17, 15) is 4.79 Å². The summed E-state index contributed by atoms with van der Waals surface area (Å²) >= 11 is 0. The summed E-state index contributed by atoms with van der Waals surface area (Å²) in [6.45, 7) is 8.67. The highest BCUT2D eigenvalue weighted by Gasteiger charge is 2.43. The third kappa shape index (κ3) is 2.97. The number of nitrogens with one attached hydrogen (secondary N) is 1. The van der Waals surface area contributed by atoms with Crippen LogP contribution in [0.15, 0.2) is 0 Å². The summed E-state index contributed by atoms with van der Waals surface area (Å²) in [5.41, 5.74) is 5.16. The highest BCUT2D eigenvalue weighted by molar-refractivity contribution is 5.84. The summed E-state index contributed by atoms with van der Waals surface area (Å²) in [5.74, 6) is 0.979. The Morgan fingerprint density at radius 1 is 1.44 bits per heavy atom. The van der Waals surface area contributed by atoms with Crippen molar-refractivity contribution in [3.63, 3.8) is 0 Å². The topological polar surface area (TPSA) is 55.1 Å². The molecule has 3 atom stereocenters. The van der Waals surface area contributed by atoms with Crippen molar-refractivity contribution >= 4 is 5.91 Å². The van der Waals surface area contributed by atoms with Crippen LogP contribution in [0.5, 0.6) is 0 Å². The van der Waals surface area contributed by atoms with E-state index in [-0.39, 0.29) is 5.91 Å². The second-order valence-electron chi connectivity index (χ2n) is 5.75. The lowest BCUT2D eigenvalue weighted by atomic mass is 9.71. The van der Waals surface area contributed by atoms with Gasteiger partial charge in [0.05, 0.1) is 5.54 Å². The standard InChI is InChI=1S/C13H26N2O/c1-5-11(4)15-13(12(14)16)7-9(2)6-10(3)8-13/h9-11,15H,5-8H2,1-4H3,(H2,14,16). The number of rotatable bonds is 4. The molecule has 1 saturated carbocycles. The van der Waals surface area contributed by atoms with Gasteiger partial charge in [-0.3, -0.25) is 4.79 Å². The molecule has 16 heavy (non-hydrogen) atoms. The van der Waals surface area contributed by atoms with Gasteiger partial charge in [0, 0.05) is 6.04 Å². The molecule has 0 aromatic rings. The average Bonchev–Trinajstić information content (AvgIpc) is 2.15. The number of hydrogen-bond donors (Lipinski definition) is 2. The second-order valence-corrected chi connectivity index (χ2v) is 5.75. The Balaban J connectivity index is 2.82. The van der Waals surface area contributed by atoms with Crippen LogP contribution in [0.4, 0.5) is 0 Å². The van der Waals surface area contributed by atoms with Gasteiger partial charge < -0.3 is 11.1 Å². The van der Waals surface area contributed by atoms with Gasteiger partial charge in [0.1, 0.15) is 0 Å². The zero-order valence-electron chi connectivity index (χ0n) is 11.0. The molecule has 1 aliphatic carbocycles. The van der Waals surface area contributed by atoms with Crippen molar-refractivity contribution in [2.75, 3.05) is 0 Å². The predicted molar refractivity (Wildman–Crippen MR) is 67.0 cm³/mol. The van der Waals surface area contributed by atoms with Gasteiger partial charge in [-0.15, -0.1) is 0 Å². The van der Waals surface area contributed by atoms with E-state index in [4.69, 9.17) is 5.73 Å². The fourth-order valence-electron chi connectivity index (χ4n) is 3.09. The molecule has 1 rings (SSSR count). The smallest absolute Gasteiger partial charge is 0.237 e. The van der Waals surface area contributed by atoms with Crippen LogP contribution in [0.25, 0.3) is 0 Å². The molecule has 1 fully saturated rings. The minimum atomic E-state index is -0.466. The summed E-state index contributed by atoms with van der Waals surface area (Å²) in [6.07, 6.45) is 4.00. The quantitative estimate of drug-likeness (QED) is 0.771. The molecule has 0 saturated heterocycles. The van der Waals surface area contributed by atoms with E-state index in [2.05, 4.69) is 33.0 Å². The lowest BCUT2D eigenvalue weighted by Gasteiger charge is -2.42. The summed E-state index contributed by atoms with van der Waals surface area (Å²) < 4.78 is 0. The first-order valence-corrected chi connectivity index (χ1v) is 6.47. The average molecular weight is 226 g/mol. The van der Waals surface area contributed by atoms with E-state index in [1.54, 1.807) is 0 Å². The SMILES string of the molecule is CCC(C)NC1(C(N)=O)CC(C)CC(C)C1. The van der Waals surface area contributed by atoms with Crippen molar-refractivity contribution in [3.8, 4) is 0 Å². The van der Waals surface area contributed by atoms with Crippen LogP contribution in [0.1, 0.15) is 53.4 Å². The molecule has 0 radical (unpaired) electrons. The Hall–Kier alpha value is -0.570. The number of nitrogens with two attached hydrogens (primary N) is 1. The summed E-state index contributed by atoms with van der Waals surface area (Å²) in [5, 5.41) is 3.47. The van der Waals surface area contributed by atoms with E-state index in [0.717, 1.165) is 19.3 Å². The number of hydrogen-bond acceptors (Lipinski definition) is 2. The lowest BCUT2D eigenvalue weighted by molar-refractivity contribution is -0.127. The second kappa shape index (κ2) is 5.17. The molecular formula is C13H26N2O.